The van der Waals surface area contributed by atoms with Gasteiger partial charge in [0.15, 0.2) is 5.96 Å². The van der Waals surface area contributed by atoms with Crippen molar-refractivity contribution in [3.63, 3.8) is 0 Å². The highest BCUT2D eigenvalue weighted by Crippen LogP contribution is 2.24. The van der Waals surface area contributed by atoms with E-state index in [0.717, 1.165) is 55.6 Å². The molecule has 2 N–H and O–H groups in total. The number of hydrogen-bond acceptors (Lipinski definition) is 4. The third kappa shape index (κ3) is 8.35. The van der Waals surface area contributed by atoms with E-state index in [-0.39, 0.29) is 30.1 Å². The van der Waals surface area contributed by atoms with Crippen molar-refractivity contribution in [2.45, 2.75) is 39.3 Å². The molecule has 0 radical (unpaired) electrons. The Balaban J connectivity index is 0.00000338. The molecule has 5 nitrogen and oxygen atoms in total. The van der Waals surface area contributed by atoms with E-state index in [0.29, 0.717) is 13.2 Å². The molecule has 26 heavy (non-hydrogen) atoms. The highest BCUT2D eigenvalue weighted by molar-refractivity contribution is 14.0. The van der Waals surface area contributed by atoms with E-state index in [4.69, 9.17) is 14.5 Å². The first kappa shape index (κ1) is 23.4. The van der Waals surface area contributed by atoms with Crippen LogP contribution in [-0.4, -0.2) is 50.4 Å². The highest BCUT2D eigenvalue weighted by Gasteiger charge is 2.18. The van der Waals surface area contributed by atoms with Gasteiger partial charge in [-0.25, -0.2) is 4.99 Å². The van der Waals surface area contributed by atoms with Crippen molar-refractivity contribution in [1.82, 2.24) is 10.6 Å². The van der Waals surface area contributed by atoms with Gasteiger partial charge in [-0.05, 0) is 43.9 Å². The summed E-state index contributed by atoms with van der Waals surface area (Å²) in [6.45, 7) is 8.02. The number of benzene rings is 1. The Bertz CT molecular complexity index is 552. The predicted molar refractivity (Wildman–Crippen MR) is 122 cm³/mol. The Morgan fingerprint density at radius 2 is 2.23 bits per heavy atom. The second kappa shape index (κ2) is 13.5. The van der Waals surface area contributed by atoms with Gasteiger partial charge in [-0.1, -0.05) is 12.1 Å². The van der Waals surface area contributed by atoms with Crippen molar-refractivity contribution in [2.24, 2.45) is 4.99 Å². The number of guanidine groups is 1. The van der Waals surface area contributed by atoms with Crippen molar-refractivity contribution in [3.8, 4) is 5.75 Å². The summed E-state index contributed by atoms with van der Waals surface area (Å²) in [4.78, 5) is 4.72. The molecule has 1 aliphatic heterocycles. The molecule has 1 fully saturated rings. The maximum atomic E-state index is 6.15. The minimum atomic E-state index is 0. The smallest absolute Gasteiger partial charge is 0.191 e. The number of aliphatic imine (C=N–C) groups is 1. The molecule has 0 bridgehead atoms. The van der Waals surface area contributed by atoms with Crippen molar-refractivity contribution in [1.29, 1.82) is 0 Å². The average molecular weight is 493 g/mol. The van der Waals surface area contributed by atoms with Crippen LogP contribution in [0.3, 0.4) is 0 Å². The average Bonchev–Trinajstić information content (AvgIpc) is 3.11. The second-order valence-electron chi connectivity index (χ2n) is 6.18. The fourth-order valence-electron chi connectivity index (χ4n) is 2.62. The fourth-order valence-corrected chi connectivity index (χ4v) is 3.05. The van der Waals surface area contributed by atoms with E-state index in [1.54, 1.807) is 0 Å². The molecule has 1 unspecified atom stereocenters. The maximum absolute atomic E-state index is 6.15. The van der Waals surface area contributed by atoms with Gasteiger partial charge in [0.05, 0.1) is 19.8 Å². The van der Waals surface area contributed by atoms with Gasteiger partial charge in [0.1, 0.15) is 11.9 Å². The summed E-state index contributed by atoms with van der Waals surface area (Å²) in [7, 11) is 0. The molecule has 0 aliphatic carbocycles. The van der Waals surface area contributed by atoms with Crippen LogP contribution in [0.2, 0.25) is 0 Å². The fraction of sp³-hybridized carbons (Fsp3) is 0.632. The first-order chi connectivity index (χ1) is 12.2. The van der Waals surface area contributed by atoms with Gasteiger partial charge in [0.25, 0.3) is 0 Å². The van der Waals surface area contributed by atoms with Gasteiger partial charge in [0.2, 0.25) is 0 Å². The molecule has 0 saturated carbocycles. The van der Waals surface area contributed by atoms with E-state index in [9.17, 15) is 0 Å². The summed E-state index contributed by atoms with van der Waals surface area (Å²) in [6, 6.07) is 6.32. The van der Waals surface area contributed by atoms with Gasteiger partial charge in [-0.3, -0.25) is 0 Å². The van der Waals surface area contributed by atoms with Crippen LogP contribution in [0.25, 0.3) is 0 Å². The van der Waals surface area contributed by atoms with Gasteiger partial charge in [0, 0.05) is 25.1 Å². The molecule has 1 aromatic rings. The SMILES string of the molecule is CCNC(=NCc1ccc(C)cc1OC1CCOC1)NCCCSC.I. The van der Waals surface area contributed by atoms with E-state index < -0.39 is 0 Å². The Labute approximate surface area is 179 Å². The lowest BCUT2D eigenvalue weighted by atomic mass is 10.1. The van der Waals surface area contributed by atoms with Crippen LogP contribution < -0.4 is 15.4 Å². The maximum Gasteiger partial charge on any atom is 0.191 e. The minimum Gasteiger partial charge on any atom is -0.488 e. The lowest BCUT2D eigenvalue weighted by Crippen LogP contribution is -2.37. The Morgan fingerprint density at radius 1 is 1.38 bits per heavy atom. The van der Waals surface area contributed by atoms with E-state index in [1.807, 2.05) is 11.8 Å². The van der Waals surface area contributed by atoms with Crippen molar-refractivity contribution in [2.75, 3.05) is 38.3 Å². The normalized spacial score (nSPS) is 16.9. The van der Waals surface area contributed by atoms with Crippen LogP contribution in [0, 0.1) is 6.92 Å². The monoisotopic (exact) mass is 493 g/mol. The van der Waals surface area contributed by atoms with Gasteiger partial charge in [-0.2, -0.15) is 11.8 Å². The van der Waals surface area contributed by atoms with Crippen LogP contribution in [-0.2, 0) is 11.3 Å². The molecular formula is C19H32IN3O2S. The van der Waals surface area contributed by atoms with Crippen LogP contribution in [0.1, 0.15) is 30.9 Å². The Morgan fingerprint density at radius 3 is 2.92 bits per heavy atom. The lowest BCUT2D eigenvalue weighted by Gasteiger charge is -2.16. The lowest BCUT2D eigenvalue weighted by molar-refractivity contribution is 0.140. The standard InChI is InChI=1S/C19H31N3O2S.HI/c1-4-20-19(21-9-5-11-25-3)22-13-16-7-6-15(2)12-18(16)24-17-8-10-23-14-17;/h6-7,12,17H,4-5,8-11,13-14H2,1-3H3,(H2,20,21,22);1H. The van der Waals surface area contributed by atoms with Crippen molar-refractivity contribution in [3.05, 3.63) is 29.3 Å². The summed E-state index contributed by atoms with van der Waals surface area (Å²) in [5, 5.41) is 6.70. The molecular weight excluding hydrogens is 461 g/mol. The molecule has 0 amide bonds. The Hall–Kier alpha value is -0.670. The largest absolute Gasteiger partial charge is 0.488 e. The van der Waals surface area contributed by atoms with Crippen LogP contribution in [0.15, 0.2) is 23.2 Å². The second-order valence-corrected chi connectivity index (χ2v) is 7.17. The quantitative estimate of drug-likeness (QED) is 0.238. The molecule has 1 aromatic carbocycles. The predicted octanol–water partition coefficient (Wildman–Crippen LogP) is 3.59. The zero-order valence-corrected chi connectivity index (χ0v) is 19.2. The Kier molecular flexibility index (Phi) is 12.1. The molecule has 2 rings (SSSR count). The number of aryl methyl sites for hydroxylation is 1. The number of rotatable bonds is 9. The van der Waals surface area contributed by atoms with Gasteiger partial charge < -0.3 is 20.1 Å². The molecule has 1 atom stereocenters. The van der Waals surface area contributed by atoms with Crippen molar-refractivity contribution >= 4 is 41.7 Å². The summed E-state index contributed by atoms with van der Waals surface area (Å²) < 4.78 is 11.6. The molecule has 0 aromatic heterocycles. The summed E-state index contributed by atoms with van der Waals surface area (Å²) >= 11 is 1.87. The summed E-state index contributed by atoms with van der Waals surface area (Å²) in [5.74, 6) is 2.95. The number of hydrogen-bond donors (Lipinski definition) is 2. The molecule has 1 saturated heterocycles. The third-order valence-electron chi connectivity index (χ3n) is 3.97. The van der Waals surface area contributed by atoms with Gasteiger partial charge in [-0.15, -0.1) is 24.0 Å². The number of halogens is 1. The highest BCUT2D eigenvalue weighted by atomic mass is 127. The molecule has 7 heteroatoms. The zero-order chi connectivity index (χ0) is 17.9. The molecule has 1 aliphatic rings. The summed E-state index contributed by atoms with van der Waals surface area (Å²) in [6.07, 6.45) is 4.37. The summed E-state index contributed by atoms with van der Waals surface area (Å²) in [5.41, 5.74) is 2.31. The number of nitrogens with zero attached hydrogens (tertiary/aromatic N) is 1. The number of nitrogens with one attached hydrogen (secondary N) is 2. The van der Waals surface area contributed by atoms with Crippen LogP contribution in [0.5, 0.6) is 5.75 Å². The van der Waals surface area contributed by atoms with Crippen LogP contribution in [0.4, 0.5) is 0 Å². The number of thioether (sulfide) groups is 1. The van der Waals surface area contributed by atoms with Crippen LogP contribution >= 0.6 is 35.7 Å². The van der Waals surface area contributed by atoms with E-state index in [1.165, 1.54) is 5.56 Å². The topological polar surface area (TPSA) is 54.9 Å². The van der Waals surface area contributed by atoms with E-state index >= 15 is 0 Å². The zero-order valence-electron chi connectivity index (χ0n) is 16.0. The van der Waals surface area contributed by atoms with Crippen molar-refractivity contribution < 1.29 is 9.47 Å². The minimum absolute atomic E-state index is 0. The molecule has 1 heterocycles. The first-order valence-electron chi connectivity index (χ1n) is 9.08. The first-order valence-corrected chi connectivity index (χ1v) is 10.5. The molecule has 0 spiro atoms. The number of ether oxygens (including phenoxy) is 2. The van der Waals surface area contributed by atoms with E-state index in [2.05, 4.69) is 48.9 Å². The third-order valence-corrected chi connectivity index (χ3v) is 4.67. The van der Waals surface area contributed by atoms with Gasteiger partial charge >= 0.3 is 0 Å². The molecule has 148 valence electrons.